The maximum atomic E-state index is 4.51. The third kappa shape index (κ3) is 2.62. The lowest BCUT2D eigenvalue weighted by Gasteiger charge is -1.99. The Kier molecular flexibility index (Phi) is 3.61. The predicted octanol–water partition coefficient (Wildman–Crippen LogP) is 3.85. The molecular weight excluding hydrogens is 284 g/mol. The van der Waals surface area contributed by atoms with Gasteiger partial charge in [0.15, 0.2) is 5.13 Å². The zero-order valence-electron chi connectivity index (χ0n) is 9.25. The number of benzene rings is 1. The standard InChI is InChI=1S/C12H13BrN2S/c1-8-3-5-9(6-4-8)7-10-11(13)16-12(14-2)15-10/h3-6H,7H2,1-2H3,(H,14,15). The topological polar surface area (TPSA) is 24.9 Å². The molecule has 0 fully saturated rings. The molecular formula is C12H13BrN2S. The van der Waals surface area contributed by atoms with Gasteiger partial charge in [0.05, 0.1) is 9.48 Å². The second-order valence-corrected chi connectivity index (χ2v) is 5.97. The highest BCUT2D eigenvalue weighted by Crippen LogP contribution is 2.29. The Balaban J connectivity index is 2.19. The lowest BCUT2D eigenvalue weighted by atomic mass is 10.1. The van der Waals surface area contributed by atoms with Gasteiger partial charge in [-0.15, -0.1) is 0 Å². The first-order valence-corrected chi connectivity index (χ1v) is 6.68. The molecule has 0 bridgehead atoms. The summed E-state index contributed by atoms with van der Waals surface area (Å²) in [5, 5.41) is 4.01. The summed E-state index contributed by atoms with van der Waals surface area (Å²) >= 11 is 5.18. The number of rotatable bonds is 3. The van der Waals surface area contributed by atoms with Crippen LogP contribution in [-0.2, 0) is 6.42 Å². The van der Waals surface area contributed by atoms with E-state index in [1.54, 1.807) is 11.3 Å². The summed E-state index contributed by atoms with van der Waals surface area (Å²) in [6.07, 6.45) is 0.874. The van der Waals surface area contributed by atoms with Crippen LogP contribution in [0.3, 0.4) is 0 Å². The van der Waals surface area contributed by atoms with Gasteiger partial charge in [-0.3, -0.25) is 0 Å². The van der Waals surface area contributed by atoms with Crippen molar-refractivity contribution in [1.29, 1.82) is 0 Å². The van der Waals surface area contributed by atoms with E-state index in [4.69, 9.17) is 0 Å². The fourth-order valence-corrected chi connectivity index (χ4v) is 2.80. The molecule has 0 atom stereocenters. The zero-order valence-corrected chi connectivity index (χ0v) is 11.7. The number of aryl methyl sites for hydroxylation is 1. The van der Waals surface area contributed by atoms with E-state index in [0.29, 0.717) is 0 Å². The second-order valence-electron chi connectivity index (χ2n) is 3.65. The first-order chi connectivity index (χ1) is 7.69. The van der Waals surface area contributed by atoms with E-state index in [-0.39, 0.29) is 0 Å². The van der Waals surface area contributed by atoms with Gasteiger partial charge in [-0.2, -0.15) is 0 Å². The van der Waals surface area contributed by atoms with E-state index in [2.05, 4.69) is 57.4 Å². The Hall–Kier alpha value is -0.870. The number of aromatic nitrogens is 1. The molecule has 84 valence electrons. The van der Waals surface area contributed by atoms with Crippen LogP contribution in [0.15, 0.2) is 28.1 Å². The second kappa shape index (κ2) is 4.97. The smallest absolute Gasteiger partial charge is 0.183 e. The van der Waals surface area contributed by atoms with Crippen LogP contribution in [0.2, 0.25) is 0 Å². The fourth-order valence-electron chi connectivity index (χ4n) is 1.45. The Morgan fingerprint density at radius 3 is 2.56 bits per heavy atom. The SMILES string of the molecule is CNc1nc(Cc2ccc(C)cc2)c(Br)s1. The molecule has 16 heavy (non-hydrogen) atoms. The Labute approximate surface area is 108 Å². The number of halogens is 1. The summed E-state index contributed by atoms with van der Waals surface area (Å²) in [4.78, 5) is 4.51. The number of nitrogens with one attached hydrogen (secondary N) is 1. The molecule has 1 aromatic carbocycles. The van der Waals surface area contributed by atoms with E-state index in [9.17, 15) is 0 Å². The number of nitrogens with zero attached hydrogens (tertiary/aromatic N) is 1. The Morgan fingerprint density at radius 1 is 1.31 bits per heavy atom. The van der Waals surface area contributed by atoms with Gasteiger partial charge in [0, 0.05) is 13.5 Å². The van der Waals surface area contributed by atoms with Crippen molar-refractivity contribution in [3.63, 3.8) is 0 Å². The van der Waals surface area contributed by atoms with Crippen molar-refractivity contribution in [2.75, 3.05) is 12.4 Å². The highest BCUT2D eigenvalue weighted by Gasteiger charge is 2.08. The van der Waals surface area contributed by atoms with Crippen molar-refractivity contribution >= 4 is 32.4 Å². The van der Waals surface area contributed by atoms with Crippen molar-refractivity contribution < 1.29 is 0 Å². The van der Waals surface area contributed by atoms with E-state index in [1.807, 2.05) is 7.05 Å². The lowest BCUT2D eigenvalue weighted by molar-refractivity contribution is 1.09. The first kappa shape index (κ1) is 11.6. The molecule has 0 spiro atoms. The average Bonchev–Trinajstić information content (AvgIpc) is 2.63. The number of hydrogen-bond donors (Lipinski definition) is 1. The van der Waals surface area contributed by atoms with E-state index in [0.717, 1.165) is 21.0 Å². The van der Waals surface area contributed by atoms with Gasteiger partial charge in [-0.25, -0.2) is 4.98 Å². The van der Waals surface area contributed by atoms with Gasteiger partial charge in [0.25, 0.3) is 0 Å². The minimum Gasteiger partial charge on any atom is -0.365 e. The largest absolute Gasteiger partial charge is 0.365 e. The Morgan fingerprint density at radius 2 is 2.00 bits per heavy atom. The van der Waals surface area contributed by atoms with E-state index >= 15 is 0 Å². The van der Waals surface area contributed by atoms with Gasteiger partial charge in [-0.05, 0) is 28.4 Å². The van der Waals surface area contributed by atoms with Crippen LogP contribution in [0.25, 0.3) is 0 Å². The van der Waals surface area contributed by atoms with Crippen LogP contribution in [0, 0.1) is 6.92 Å². The Bertz CT molecular complexity index is 476. The number of anilines is 1. The van der Waals surface area contributed by atoms with Crippen molar-refractivity contribution in [1.82, 2.24) is 4.98 Å². The summed E-state index contributed by atoms with van der Waals surface area (Å²) in [6, 6.07) is 8.57. The molecule has 1 heterocycles. The van der Waals surface area contributed by atoms with Crippen molar-refractivity contribution in [3.8, 4) is 0 Å². The minimum absolute atomic E-state index is 0.874. The molecule has 0 saturated heterocycles. The van der Waals surface area contributed by atoms with Crippen LogP contribution in [-0.4, -0.2) is 12.0 Å². The molecule has 2 rings (SSSR count). The van der Waals surface area contributed by atoms with Crippen LogP contribution in [0.5, 0.6) is 0 Å². The molecule has 0 aliphatic carbocycles. The molecule has 0 aliphatic rings. The van der Waals surface area contributed by atoms with Crippen molar-refractivity contribution in [2.45, 2.75) is 13.3 Å². The molecule has 4 heteroatoms. The molecule has 0 amide bonds. The van der Waals surface area contributed by atoms with Crippen molar-refractivity contribution in [2.24, 2.45) is 0 Å². The third-order valence-electron chi connectivity index (χ3n) is 2.36. The van der Waals surface area contributed by atoms with Gasteiger partial charge in [0.1, 0.15) is 0 Å². The highest BCUT2D eigenvalue weighted by atomic mass is 79.9. The lowest BCUT2D eigenvalue weighted by Crippen LogP contribution is -1.91. The average molecular weight is 297 g/mol. The summed E-state index contributed by atoms with van der Waals surface area (Å²) in [5.41, 5.74) is 3.68. The molecule has 2 nitrogen and oxygen atoms in total. The maximum absolute atomic E-state index is 4.51. The highest BCUT2D eigenvalue weighted by molar-refractivity contribution is 9.11. The van der Waals surface area contributed by atoms with Crippen molar-refractivity contribution in [3.05, 3.63) is 44.9 Å². The van der Waals surface area contributed by atoms with Crippen LogP contribution in [0.4, 0.5) is 5.13 Å². The van der Waals surface area contributed by atoms with E-state index < -0.39 is 0 Å². The molecule has 0 aliphatic heterocycles. The summed E-state index contributed by atoms with van der Waals surface area (Å²) in [5.74, 6) is 0. The van der Waals surface area contributed by atoms with Crippen LogP contribution in [0.1, 0.15) is 16.8 Å². The number of thiazole rings is 1. The van der Waals surface area contributed by atoms with Gasteiger partial charge >= 0.3 is 0 Å². The molecule has 0 radical (unpaired) electrons. The molecule has 2 aromatic rings. The van der Waals surface area contributed by atoms with Crippen LogP contribution >= 0.6 is 27.3 Å². The molecule has 0 unspecified atom stereocenters. The molecule has 1 aromatic heterocycles. The van der Waals surface area contributed by atoms with E-state index in [1.165, 1.54) is 11.1 Å². The minimum atomic E-state index is 0.874. The first-order valence-electron chi connectivity index (χ1n) is 5.07. The zero-order chi connectivity index (χ0) is 11.5. The van der Waals surface area contributed by atoms with Crippen LogP contribution < -0.4 is 5.32 Å². The summed E-state index contributed by atoms with van der Waals surface area (Å²) in [7, 11) is 1.89. The quantitative estimate of drug-likeness (QED) is 0.931. The van der Waals surface area contributed by atoms with Gasteiger partial charge in [-0.1, -0.05) is 41.2 Å². The fraction of sp³-hybridized carbons (Fsp3) is 0.250. The molecule has 0 saturated carbocycles. The van der Waals surface area contributed by atoms with Gasteiger partial charge < -0.3 is 5.32 Å². The monoisotopic (exact) mass is 296 g/mol. The van der Waals surface area contributed by atoms with Gasteiger partial charge in [0.2, 0.25) is 0 Å². The summed E-state index contributed by atoms with van der Waals surface area (Å²) in [6.45, 7) is 2.10. The predicted molar refractivity (Wildman–Crippen MR) is 73.3 cm³/mol. The molecule has 1 N–H and O–H groups in total. The maximum Gasteiger partial charge on any atom is 0.183 e. The normalized spacial score (nSPS) is 10.4. The summed E-state index contributed by atoms with van der Waals surface area (Å²) < 4.78 is 1.11. The number of hydrogen-bond acceptors (Lipinski definition) is 3. The third-order valence-corrected chi connectivity index (χ3v) is 4.20.